The Balaban J connectivity index is 2.16. The van der Waals surface area contributed by atoms with Crippen LogP contribution in [0, 0.1) is 0 Å². The van der Waals surface area contributed by atoms with Crippen LogP contribution in [0.4, 0.5) is 0 Å². The number of para-hydroxylation sites is 1. The molecule has 0 bridgehead atoms. The molecule has 0 aliphatic rings. The number of nitrogens with one attached hydrogen (secondary N) is 4. The van der Waals surface area contributed by atoms with Gasteiger partial charge >= 0.3 is 5.97 Å². The third-order valence-corrected chi connectivity index (χ3v) is 6.03. The van der Waals surface area contributed by atoms with Gasteiger partial charge in [0.2, 0.25) is 17.7 Å². The van der Waals surface area contributed by atoms with Crippen LogP contribution in [-0.4, -0.2) is 77.5 Å². The Hall–Kier alpha value is -4.17. The van der Waals surface area contributed by atoms with Gasteiger partial charge in [-0.05, 0) is 50.3 Å². The van der Waals surface area contributed by atoms with E-state index in [2.05, 4.69) is 25.9 Å². The number of carbonyl (C=O) groups excluding carboxylic acids is 3. The van der Waals surface area contributed by atoms with Crippen molar-refractivity contribution in [1.29, 1.82) is 0 Å². The Kier molecular flexibility index (Phi) is 12.7. The van der Waals surface area contributed by atoms with Crippen molar-refractivity contribution in [3.63, 3.8) is 0 Å². The maximum Gasteiger partial charge on any atom is 0.322 e. The molecule has 1 heterocycles. The van der Waals surface area contributed by atoms with Crippen molar-refractivity contribution in [2.45, 2.75) is 56.7 Å². The normalized spacial score (nSPS) is 13.2. The van der Waals surface area contributed by atoms with Crippen LogP contribution in [0.15, 0.2) is 35.5 Å². The highest BCUT2D eigenvalue weighted by atomic mass is 16.4. The summed E-state index contributed by atoms with van der Waals surface area (Å²) >= 11 is 0. The molecule has 0 saturated carbocycles. The largest absolute Gasteiger partial charge is 0.480 e. The predicted octanol–water partition coefficient (Wildman–Crippen LogP) is -1.61. The number of nitrogens with zero attached hydrogens (tertiary/aromatic N) is 1. The number of H-pyrrole nitrogens is 1. The molecule has 2 rings (SSSR count). The fourth-order valence-electron chi connectivity index (χ4n) is 3.98. The van der Waals surface area contributed by atoms with E-state index in [1.807, 2.05) is 24.3 Å². The lowest BCUT2D eigenvalue weighted by molar-refractivity contribution is -0.138. The van der Waals surface area contributed by atoms with Crippen molar-refractivity contribution in [1.82, 2.24) is 20.9 Å². The molecule has 14 heteroatoms. The third-order valence-electron chi connectivity index (χ3n) is 6.03. The van der Waals surface area contributed by atoms with E-state index in [1.165, 1.54) is 0 Å². The van der Waals surface area contributed by atoms with Gasteiger partial charge in [0.05, 0.1) is 6.04 Å². The van der Waals surface area contributed by atoms with Crippen LogP contribution in [0.5, 0.6) is 0 Å². The van der Waals surface area contributed by atoms with Gasteiger partial charge in [-0.3, -0.25) is 24.2 Å². The van der Waals surface area contributed by atoms with Crippen LogP contribution in [-0.2, 0) is 25.6 Å². The molecule has 0 fully saturated rings. The second-order valence-corrected chi connectivity index (χ2v) is 9.14. The van der Waals surface area contributed by atoms with Gasteiger partial charge in [-0.1, -0.05) is 18.2 Å². The lowest BCUT2D eigenvalue weighted by atomic mass is 10.0. The summed E-state index contributed by atoms with van der Waals surface area (Å²) in [5.74, 6) is -3.07. The molecule has 14 nitrogen and oxygen atoms in total. The van der Waals surface area contributed by atoms with E-state index < -0.39 is 48.4 Å². The summed E-state index contributed by atoms with van der Waals surface area (Å²) in [6, 6.07) is 4.48. The Morgan fingerprint density at radius 3 is 2.36 bits per heavy atom. The molecular weight excluding hydrogens is 506 g/mol. The number of hydrogen-bond donors (Lipinski definition) is 9. The van der Waals surface area contributed by atoms with E-state index >= 15 is 0 Å². The molecule has 39 heavy (non-hydrogen) atoms. The number of carbonyl (C=O) groups is 4. The van der Waals surface area contributed by atoms with Crippen LogP contribution in [0.25, 0.3) is 10.9 Å². The summed E-state index contributed by atoms with van der Waals surface area (Å²) in [7, 11) is 0. The highest BCUT2D eigenvalue weighted by molar-refractivity contribution is 5.94. The number of guanidine groups is 1. The number of aromatic amines is 1. The van der Waals surface area contributed by atoms with Gasteiger partial charge in [0.25, 0.3) is 0 Å². The first-order chi connectivity index (χ1) is 18.6. The zero-order valence-electron chi connectivity index (χ0n) is 21.8. The van der Waals surface area contributed by atoms with Crippen molar-refractivity contribution < 1.29 is 24.3 Å². The molecule has 2 aromatic rings. The van der Waals surface area contributed by atoms with E-state index in [0.717, 1.165) is 16.5 Å². The first kappa shape index (κ1) is 31.1. The summed E-state index contributed by atoms with van der Waals surface area (Å²) in [5, 5.41) is 17.5. The Morgan fingerprint density at radius 1 is 0.949 bits per heavy atom. The van der Waals surface area contributed by atoms with Gasteiger partial charge in [0.15, 0.2) is 5.96 Å². The molecule has 3 unspecified atom stereocenters. The molecule has 0 aliphatic heterocycles. The summed E-state index contributed by atoms with van der Waals surface area (Å²) in [4.78, 5) is 57.0. The molecule has 1 aromatic carbocycles. The quantitative estimate of drug-likeness (QED) is 0.0628. The van der Waals surface area contributed by atoms with Gasteiger partial charge in [-0.25, -0.2) is 0 Å². The standard InChI is InChI=1S/C25H39N9O5/c26-10-4-3-9-19(33-22(37)17(27)7-5-11-30-25(28)29)24(39)34-20(23(38)32-14-21(35)36)12-15-13-31-18-8-2-1-6-16(15)18/h1-2,6,8,13,17,19-20,31H,3-5,7,9-12,14,26-27H2,(H,32,38)(H,33,37)(H,34,39)(H,35,36)(H4,28,29,30). The Bertz CT molecular complexity index is 1150. The van der Waals surface area contributed by atoms with Crippen molar-refractivity contribution in [2.75, 3.05) is 19.6 Å². The van der Waals surface area contributed by atoms with Crippen LogP contribution in [0.1, 0.15) is 37.7 Å². The number of unbranched alkanes of at least 4 members (excludes halogenated alkanes) is 1. The van der Waals surface area contributed by atoms with Crippen LogP contribution in [0.3, 0.4) is 0 Å². The highest BCUT2D eigenvalue weighted by Gasteiger charge is 2.28. The molecule has 1 aromatic heterocycles. The van der Waals surface area contributed by atoms with E-state index in [9.17, 15) is 19.2 Å². The molecule has 3 atom stereocenters. The van der Waals surface area contributed by atoms with Gasteiger partial charge < -0.3 is 49.0 Å². The minimum atomic E-state index is -1.22. The van der Waals surface area contributed by atoms with Crippen LogP contribution < -0.4 is 38.9 Å². The highest BCUT2D eigenvalue weighted by Crippen LogP contribution is 2.19. The summed E-state index contributed by atoms with van der Waals surface area (Å²) in [6.45, 7) is 0.114. The average molecular weight is 546 g/mol. The monoisotopic (exact) mass is 545 g/mol. The number of aromatic nitrogens is 1. The lowest BCUT2D eigenvalue weighted by Crippen LogP contribution is -2.56. The summed E-state index contributed by atoms with van der Waals surface area (Å²) < 4.78 is 0. The topological polar surface area (TPSA) is 257 Å². The van der Waals surface area contributed by atoms with E-state index in [-0.39, 0.29) is 18.8 Å². The fraction of sp³-hybridized carbons (Fsp3) is 0.480. The predicted molar refractivity (Wildman–Crippen MR) is 147 cm³/mol. The smallest absolute Gasteiger partial charge is 0.322 e. The van der Waals surface area contributed by atoms with Crippen molar-refractivity contribution >= 4 is 40.6 Å². The van der Waals surface area contributed by atoms with E-state index in [1.54, 1.807) is 6.20 Å². The summed E-state index contributed by atoms with van der Waals surface area (Å²) in [6.07, 6.45) is 4.03. The average Bonchev–Trinajstić information content (AvgIpc) is 3.31. The first-order valence-corrected chi connectivity index (χ1v) is 12.8. The molecular formula is C25H39N9O5. The third kappa shape index (κ3) is 10.6. The fourth-order valence-corrected chi connectivity index (χ4v) is 3.98. The zero-order chi connectivity index (χ0) is 28.8. The zero-order valence-corrected chi connectivity index (χ0v) is 21.8. The number of carboxylic acid groups (broad SMARTS) is 1. The number of aliphatic carboxylic acids is 1. The molecule has 0 aliphatic carbocycles. The molecule has 0 saturated heterocycles. The Morgan fingerprint density at radius 2 is 1.67 bits per heavy atom. The van der Waals surface area contributed by atoms with Crippen molar-refractivity contribution in [2.24, 2.45) is 27.9 Å². The number of carboxylic acids is 1. The number of amides is 3. The van der Waals surface area contributed by atoms with E-state index in [4.69, 9.17) is 28.0 Å². The van der Waals surface area contributed by atoms with Crippen molar-refractivity contribution in [3.8, 4) is 0 Å². The number of hydrogen-bond acceptors (Lipinski definition) is 7. The number of aliphatic imine (C=N–C) groups is 1. The Labute approximate surface area is 226 Å². The number of rotatable bonds is 17. The SMILES string of the molecule is NCCCCC(NC(=O)C(N)CCCN=C(N)N)C(=O)NC(Cc1c[nH]c2ccccc12)C(=O)NCC(=O)O. The number of benzene rings is 1. The molecule has 13 N–H and O–H groups in total. The second kappa shape index (κ2) is 15.9. The molecule has 0 radical (unpaired) electrons. The first-order valence-electron chi connectivity index (χ1n) is 12.8. The van der Waals surface area contributed by atoms with E-state index in [0.29, 0.717) is 38.8 Å². The van der Waals surface area contributed by atoms with Crippen molar-refractivity contribution in [3.05, 3.63) is 36.0 Å². The molecule has 3 amide bonds. The minimum Gasteiger partial charge on any atom is -0.480 e. The maximum atomic E-state index is 13.3. The number of nitrogens with two attached hydrogens (primary N) is 4. The van der Waals surface area contributed by atoms with Gasteiger partial charge in [-0.15, -0.1) is 0 Å². The number of fused-ring (bicyclic) bond motifs is 1. The lowest BCUT2D eigenvalue weighted by Gasteiger charge is -2.24. The van der Waals surface area contributed by atoms with Crippen LogP contribution in [0.2, 0.25) is 0 Å². The summed E-state index contributed by atoms with van der Waals surface area (Å²) in [5.41, 5.74) is 23.8. The minimum absolute atomic E-state index is 0.0563. The second-order valence-electron chi connectivity index (χ2n) is 9.14. The van der Waals surface area contributed by atoms with Gasteiger partial charge in [-0.2, -0.15) is 0 Å². The molecule has 0 spiro atoms. The van der Waals surface area contributed by atoms with Crippen LogP contribution >= 0.6 is 0 Å². The molecule has 214 valence electrons. The van der Waals surface area contributed by atoms with Gasteiger partial charge in [0.1, 0.15) is 18.6 Å². The van der Waals surface area contributed by atoms with Gasteiger partial charge in [0, 0.05) is 30.1 Å². The maximum absolute atomic E-state index is 13.3.